The van der Waals surface area contributed by atoms with Gasteiger partial charge in [0.25, 0.3) is 0 Å². The lowest BCUT2D eigenvalue weighted by atomic mass is 10.0. The number of benzene rings is 3. The molecule has 4 unspecified atom stereocenters. The number of aromatic hydroxyl groups is 1. The second-order valence-electron chi connectivity index (χ2n) is 9.56. The molecule has 0 aliphatic carbocycles. The zero-order chi connectivity index (χ0) is 29.8. The lowest BCUT2D eigenvalue weighted by Gasteiger charge is -2.25. The number of phenolic OH excluding ortho intramolecular Hbond substituents is 1. The third kappa shape index (κ3) is 9.96. The number of carbonyl (C=O) groups excluding carboxylic acids is 3. The van der Waals surface area contributed by atoms with Gasteiger partial charge in [0.05, 0.1) is 6.04 Å². The van der Waals surface area contributed by atoms with Crippen LogP contribution in [0.25, 0.3) is 0 Å². The van der Waals surface area contributed by atoms with Gasteiger partial charge in [0.2, 0.25) is 17.7 Å². The highest BCUT2D eigenvalue weighted by molar-refractivity contribution is 7.80. The fraction of sp³-hybridized carbons (Fsp3) is 0.267. The van der Waals surface area contributed by atoms with E-state index in [1.165, 1.54) is 12.1 Å². The van der Waals surface area contributed by atoms with E-state index in [2.05, 4.69) is 28.6 Å². The normalized spacial score (nSPS) is 13.7. The Labute approximate surface area is 243 Å². The van der Waals surface area contributed by atoms with Crippen molar-refractivity contribution in [2.75, 3.05) is 5.75 Å². The molecule has 0 spiro atoms. The summed E-state index contributed by atoms with van der Waals surface area (Å²) in [4.78, 5) is 51.6. The van der Waals surface area contributed by atoms with Crippen LogP contribution in [0.4, 0.5) is 0 Å². The van der Waals surface area contributed by atoms with Crippen molar-refractivity contribution >= 4 is 36.3 Å². The first-order valence-electron chi connectivity index (χ1n) is 13.0. The number of nitrogens with two attached hydrogens (primary N) is 1. The van der Waals surface area contributed by atoms with Crippen molar-refractivity contribution in [3.05, 3.63) is 102 Å². The number of carboxylic acid groups (broad SMARTS) is 1. The smallest absolute Gasteiger partial charge is 0.326 e. The van der Waals surface area contributed by atoms with Gasteiger partial charge < -0.3 is 31.9 Å². The Morgan fingerprint density at radius 2 is 1.02 bits per heavy atom. The second kappa shape index (κ2) is 15.4. The largest absolute Gasteiger partial charge is 0.508 e. The summed E-state index contributed by atoms with van der Waals surface area (Å²) in [5.74, 6) is -3.08. The summed E-state index contributed by atoms with van der Waals surface area (Å²) in [6, 6.07) is 19.5. The van der Waals surface area contributed by atoms with E-state index in [0.717, 1.165) is 5.56 Å². The molecule has 0 bridgehead atoms. The molecular weight excluding hydrogens is 544 g/mol. The molecule has 3 aromatic rings. The summed E-state index contributed by atoms with van der Waals surface area (Å²) < 4.78 is 0. The van der Waals surface area contributed by atoms with Crippen LogP contribution in [0.5, 0.6) is 5.75 Å². The van der Waals surface area contributed by atoms with Crippen LogP contribution in [0.15, 0.2) is 84.9 Å². The minimum atomic E-state index is -1.25. The standard InChI is InChI=1S/C30H34N4O6S/c31-23(18-41)27(36)32-24(15-19-7-3-1-4-8-19)28(37)33-25(16-21-11-13-22(35)14-12-21)29(38)34-26(30(39)40)17-20-9-5-2-6-10-20/h1-14,23-26,35,41H,15-18,31H2,(H,32,36)(H,33,37)(H,34,38)(H,39,40). The Hall–Kier alpha value is -4.35. The Morgan fingerprint density at radius 3 is 1.46 bits per heavy atom. The SMILES string of the molecule is NC(CS)C(=O)NC(Cc1ccccc1)C(=O)NC(Cc1ccc(O)cc1)C(=O)NC(Cc1ccccc1)C(=O)O. The van der Waals surface area contributed by atoms with Gasteiger partial charge in [0, 0.05) is 25.0 Å². The molecule has 11 heteroatoms. The molecule has 10 nitrogen and oxygen atoms in total. The van der Waals surface area contributed by atoms with Crippen LogP contribution < -0.4 is 21.7 Å². The lowest BCUT2D eigenvalue weighted by molar-refractivity contribution is -0.142. The molecule has 41 heavy (non-hydrogen) atoms. The summed E-state index contributed by atoms with van der Waals surface area (Å²) in [6.07, 6.45) is 0.158. The molecule has 216 valence electrons. The highest BCUT2D eigenvalue weighted by Crippen LogP contribution is 2.13. The monoisotopic (exact) mass is 578 g/mol. The number of hydrogen-bond acceptors (Lipinski definition) is 7. The minimum absolute atomic E-state index is 0.00229. The first kappa shape index (κ1) is 31.2. The van der Waals surface area contributed by atoms with Gasteiger partial charge in [-0.3, -0.25) is 14.4 Å². The van der Waals surface area contributed by atoms with Crippen molar-refractivity contribution in [3.63, 3.8) is 0 Å². The second-order valence-corrected chi connectivity index (χ2v) is 9.93. The molecule has 0 aliphatic rings. The molecule has 3 rings (SSSR count). The molecule has 3 aromatic carbocycles. The van der Waals surface area contributed by atoms with E-state index in [4.69, 9.17) is 5.73 Å². The van der Waals surface area contributed by atoms with Crippen LogP contribution in [-0.2, 0) is 38.4 Å². The summed E-state index contributed by atoms with van der Waals surface area (Å²) in [6.45, 7) is 0. The minimum Gasteiger partial charge on any atom is -0.508 e. The Bertz CT molecular complexity index is 1310. The topological polar surface area (TPSA) is 171 Å². The molecular formula is C30H34N4O6S. The molecule has 0 saturated carbocycles. The number of carboxylic acids is 1. The quantitative estimate of drug-likeness (QED) is 0.141. The Morgan fingerprint density at radius 1 is 0.634 bits per heavy atom. The summed E-state index contributed by atoms with van der Waals surface area (Å²) >= 11 is 4.05. The van der Waals surface area contributed by atoms with E-state index >= 15 is 0 Å². The van der Waals surface area contributed by atoms with Gasteiger partial charge in [-0.15, -0.1) is 0 Å². The molecule has 0 fully saturated rings. The number of aliphatic carboxylic acids is 1. The Kier molecular flexibility index (Phi) is 11.7. The maximum atomic E-state index is 13.5. The van der Waals surface area contributed by atoms with E-state index in [1.807, 2.05) is 6.07 Å². The first-order valence-corrected chi connectivity index (χ1v) is 13.7. The average molecular weight is 579 g/mol. The van der Waals surface area contributed by atoms with Crippen LogP contribution >= 0.6 is 12.6 Å². The predicted octanol–water partition coefficient (Wildman–Crippen LogP) is 1.22. The number of rotatable bonds is 14. The first-order chi connectivity index (χ1) is 19.7. The third-order valence-electron chi connectivity index (χ3n) is 6.36. The van der Waals surface area contributed by atoms with Gasteiger partial charge in [0.15, 0.2) is 0 Å². The average Bonchev–Trinajstić information content (AvgIpc) is 2.97. The zero-order valence-corrected chi connectivity index (χ0v) is 23.2. The maximum Gasteiger partial charge on any atom is 0.326 e. The summed E-state index contributed by atoms with van der Waals surface area (Å²) in [5.41, 5.74) is 7.90. The van der Waals surface area contributed by atoms with Crippen molar-refractivity contribution in [3.8, 4) is 5.75 Å². The molecule has 0 aromatic heterocycles. The summed E-state index contributed by atoms with van der Waals surface area (Å²) in [7, 11) is 0. The highest BCUT2D eigenvalue weighted by Gasteiger charge is 2.30. The molecule has 7 N–H and O–H groups in total. The van der Waals surface area contributed by atoms with Crippen molar-refractivity contribution < 1.29 is 29.4 Å². The number of carbonyl (C=O) groups is 4. The van der Waals surface area contributed by atoms with Gasteiger partial charge in [-0.05, 0) is 28.8 Å². The van der Waals surface area contributed by atoms with Crippen LogP contribution in [-0.4, -0.2) is 63.8 Å². The number of nitrogens with one attached hydrogen (secondary N) is 3. The van der Waals surface area contributed by atoms with Crippen molar-refractivity contribution in [1.82, 2.24) is 16.0 Å². The van der Waals surface area contributed by atoms with E-state index in [1.54, 1.807) is 66.7 Å². The van der Waals surface area contributed by atoms with Gasteiger partial charge in [-0.1, -0.05) is 72.8 Å². The van der Waals surface area contributed by atoms with E-state index in [0.29, 0.717) is 11.1 Å². The fourth-order valence-corrected chi connectivity index (χ4v) is 4.26. The van der Waals surface area contributed by atoms with Crippen LogP contribution in [0.3, 0.4) is 0 Å². The molecule has 0 saturated heterocycles. The molecule has 0 radical (unpaired) electrons. The molecule has 4 atom stereocenters. The number of thiol groups is 1. The maximum absolute atomic E-state index is 13.5. The van der Waals surface area contributed by atoms with Crippen molar-refractivity contribution in [1.29, 1.82) is 0 Å². The van der Waals surface area contributed by atoms with Crippen LogP contribution in [0, 0.1) is 0 Å². The third-order valence-corrected chi connectivity index (χ3v) is 6.75. The predicted molar refractivity (Wildman–Crippen MR) is 157 cm³/mol. The van der Waals surface area contributed by atoms with Gasteiger partial charge in [-0.2, -0.15) is 12.6 Å². The van der Waals surface area contributed by atoms with E-state index in [-0.39, 0.29) is 30.8 Å². The van der Waals surface area contributed by atoms with Crippen molar-refractivity contribution in [2.45, 2.75) is 43.4 Å². The van der Waals surface area contributed by atoms with Gasteiger partial charge in [-0.25, -0.2) is 4.79 Å². The van der Waals surface area contributed by atoms with Crippen LogP contribution in [0.1, 0.15) is 16.7 Å². The fourth-order valence-electron chi connectivity index (χ4n) is 4.09. The number of amides is 3. The Balaban J connectivity index is 1.85. The van der Waals surface area contributed by atoms with E-state index < -0.39 is 47.9 Å². The van der Waals surface area contributed by atoms with Gasteiger partial charge >= 0.3 is 5.97 Å². The highest BCUT2D eigenvalue weighted by atomic mass is 32.1. The van der Waals surface area contributed by atoms with E-state index in [9.17, 15) is 29.4 Å². The molecule has 3 amide bonds. The molecule has 0 heterocycles. The lowest BCUT2D eigenvalue weighted by Crippen LogP contribution is -2.58. The molecule has 0 aliphatic heterocycles. The van der Waals surface area contributed by atoms with Crippen LogP contribution in [0.2, 0.25) is 0 Å². The van der Waals surface area contributed by atoms with Gasteiger partial charge in [0.1, 0.15) is 23.9 Å². The zero-order valence-electron chi connectivity index (χ0n) is 22.3. The van der Waals surface area contributed by atoms with Crippen molar-refractivity contribution in [2.24, 2.45) is 5.73 Å². The number of hydrogen-bond donors (Lipinski definition) is 7. The number of phenols is 1. The summed E-state index contributed by atoms with van der Waals surface area (Å²) in [5, 5.41) is 27.3.